The Morgan fingerprint density at radius 3 is 2.88 bits per heavy atom. The molecule has 3 aromatic heterocycles. The van der Waals surface area contributed by atoms with Crippen LogP contribution in [0.3, 0.4) is 0 Å². The molecule has 0 spiro atoms. The maximum Gasteiger partial charge on any atom is 0.240 e. The number of pyridine rings is 1. The molecule has 26 heavy (non-hydrogen) atoms. The van der Waals surface area contributed by atoms with E-state index in [2.05, 4.69) is 70.2 Å². The summed E-state index contributed by atoms with van der Waals surface area (Å²) in [6.45, 7) is 0.856. The average Bonchev–Trinajstić information content (AvgIpc) is 3.30. The van der Waals surface area contributed by atoms with Gasteiger partial charge in [-0.05, 0) is 35.1 Å². The fraction of sp³-hybridized carbons (Fsp3) is 0.182. The molecule has 1 unspecified atom stereocenters. The first-order valence-corrected chi connectivity index (χ1v) is 9.82. The van der Waals surface area contributed by atoms with Crippen molar-refractivity contribution in [1.29, 1.82) is 0 Å². The zero-order valence-electron chi connectivity index (χ0n) is 14.3. The summed E-state index contributed by atoms with van der Waals surface area (Å²) in [5, 5.41) is 3.20. The molecule has 0 aliphatic heterocycles. The van der Waals surface area contributed by atoms with Crippen LogP contribution in [0.15, 0.2) is 72.5 Å². The number of rotatable bonds is 3. The molecule has 128 valence electrons. The summed E-state index contributed by atoms with van der Waals surface area (Å²) in [6, 6.07) is 16.8. The summed E-state index contributed by atoms with van der Waals surface area (Å²) in [6.07, 6.45) is 8.17. The van der Waals surface area contributed by atoms with Crippen LogP contribution < -0.4 is 4.57 Å². The Hall–Kier alpha value is -2.72. The second-order valence-corrected chi connectivity index (χ2v) is 7.77. The van der Waals surface area contributed by atoms with Crippen molar-refractivity contribution >= 4 is 28.0 Å². The van der Waals surface area contributed by atoms with Crippen molar-refractivity contribution in [2.75, 3.05) is 0 Å². The van der Waals surface area contributed by atoms with E-state index in [0.29, 0.717) is 0 Å². The van der Waals surface area contributed by atoms with Crippen molar-refractivity contribution in [2.45, 2.75) is 25.4 Å². The van der Waals surface area contributed by atoms with Crippen molar-refractivity contribution in [3.63, 3.8) is 0 Å². The molecular formula is C22H19N2OS+. The number of aryl methyl sites for hydroxylation is 1. The summed E-state index contributed by atoms with van der Waals surface area (Å²) in [7, 11) is 0. The van der Waals surface area contributed by atoms with E-state index in [-0.39, 0.29) is 11.8 Å². The van der Waals surface area contributed by atoms with Crippen molar-refractivity contribution in [3.05, 3.63) is 88.5 Å². The van der Waals surface area contributed by atoms with E-state index in [1.807, 2.05) is 11.4 Å². The fourth-order valence-corrected chi connectivity index (χ4v) is 4.82. The van der Waals surface area contributed by atoms with Gasteiger partial charge in [-0.1, -0.05) is 30.3 Å². The molecule has 4 heteroatoms. The second kappa shape index (κ2) is 6.22. The minimum Gasteiger partial charge on any atom is -0.343 e. The van der Waals surface area contributed by atoms with Crippen LogP contribution in [-0.4, -0.2) is 10.4 Å². The lowest BCUT2D eigenvalue weighted by Gasteiger charge is -2.16. The standard InChI is InChI=1S/C22H19N2OS/c25-21-20(7-6-17-10-13-26-22(17)21)24-12-9-19-18(15-24)8-11-23(19)14-16-4-2-1-3-5-16/h1-5,8-13,15,20H,6-7,14H2/q+1. The molecule has 0 bridgehead atoms. The Morgan fingerprint density at radius 2 is 2.00 bits per heavy atom. The van der Waals surface area contributed by atoms with Gasteiger partial charge in [0.25, 0.3) is 0 Å². The van der Waals surface area contributed by atoms with Gasteiger partial charge in [0, 0.05) is 25.2 Å². The smallest absolute Gasteiger partial charge is 0.240 e. The first-order valence-electron chi connectivity index (χ1n) is 8.94. The SMILES string of the molecule is O=C1c2sccc2CCC1[n+]1ccc2c(ccn2Cc2ccccc2)c1. The Labute approximate surface area is 156 Å². The molecule has 0 amide bonds. The monoisotopic (exact) mass is 359 g/mol. The van der Waals surface area contributed by atoms with Gasteiger partial charge in [-0.15, -0.1) is 11.3 Å². The molecular weight excluding hydrogens is 340 g/mol. The molecule has 3 nitrogen and oxygen atoms in total. The number of benzene rings is 1. The number of hydrogen-bond donors (Lipinski definition) is 0. The van der Waals surface area contributed by atoms with Crippen LogP contribution in [0, 0.1) is 0 Å². The van der Waals surface area contributed by atoms with Crippen molar-refractivity contribution in [1.82, 2.24) is 4.57 Å². The summed E-state index contributed by atoms with van der Waals surface area (Å²) < 4.78 is 4.36. The Morgan fingerprint density at radius 1 is 1.12 bits per heavy atom. The third-order valence-corrected chi connectivity index (χ3v) is 6.22. The molecule has 1 aliphatic carbocycles. The highest BCUT2D eigenvalue weighted by atomic mass is 32.1. The first kappa shape index (κ1) is 15.5. The van der Waals surface area contributed by atoms with Gasteiger partial charge in [0.15, 0.2) is 12.4 Å². The second-order valence-electron chi connectivity index (χ2n) is 6.86. The van der Waals surface area contributed by atoms with Gasteiger partial charge in [-0.3, -0.25) is 4.79 Å². The van der Waals surface area contributed by atoms with Crippen LogP contribution in [-0.2, 0) is 13.0 Å². The molecule has 0 N–H and O–H groups in total. The normalized spacial score (nSPS) is 16.8. The number of nitrogens with zero attached hydrogens (tertiary/aromatic N) is 2. The zero-order chi connectivity index (χ0) is 17.5. The predicted molar refractivity (Wildman–Crippen MR) is 104 cm³/mol. The fourth-order valence-electron chi connectivity index (χ4n) is 3.88. The Bertz CT molecular complexity index is 1090. The third kappa shape index (κ3) is 2.58. The molecule has 1 atom stereocenters. The van der Waals surface area contributed by atoms with E-state index in [4.69, 9.17) is 0 Å². The van der Waals surface area contributed by atoms with Crippen molar-refractivity contribution < 1.29 is 9.36 Å². The molecule has 4 aromatic rings. The maximum absolute atomic E-state index is 12.8. The summed E-state index contributed by atoms with van der Waals surface area (Å²) in [5.41, 5.74) is 3.70. The lowest BCUT2D eigenvalue weighted by molar-refractivity contribution is -0.707. The molecule has 0 saturated heterocycles. The number of hydrogen-bond acceptors (Lipinski definition) is 2. The quantitative estimate of drug-likeness (QED) is 0.498. The van der Waals surface area contributed by atoms with Gasteiger partial charge in [0.2, 0.25) is 11.8 Å². The molecule has 0 radical (unpaired) electrons. The number of carbonyl (C=O) groups excluding carboxylic acids is 1. The lowest BCUT2D eigenvalue weighted by atomic mass is 9.93. The number of thiophene rings is 1. The molecule has 0 saturated carbocycles. The molecule has 1 aliphatic rings. The van der Waals surface area contributed by atoms with Gasteiger partial charge in [-0.2, -0.15) is 4.57 Å². The highest BCUT2D eigenvalue weighted by molar-refractivity contribution is 7.12. The first-order chi connectivity index (χ1) is 12.8. The Kier molecular flexibility index (Phi) is 3.71. The highest BCUT2D eigenvalue weighted by Crippen LogP contribution is 2.30. The number of carbonyl (C=O) groups is 1. The molecule has 3 heterocycles. The van der Waals surface area contributed by atoms with Gasteiger partial charge in [0.1, 0.15) is 0 Å². The summed E-state index contributed by atoms with van der Waals surface area (Å²) in [5.74, 6) is 0.259. The largest absolute Gasteiger partial charge is 0.343 e. The third-order valence-electron chi connectivity index (χ3n) is 5.25. The van der Waals surface area contributed by atoms with Crippen LogP contribution in [0.1, 0.15) is 33.3 Å². The zero-order valence-corrected chi connectivity index (χ0v) is 15.2. The Balaban J connectivity index is 1.47. The van der Waals surface area contributed by atoms with E-state index >= 15 is 0 Å². The average molecular weight is 359 g/mol. The summed E-state index contributed by atoms with van der Waals surface area (Å²) >= 11 is 1.57. The van der Waals surface area contributed by atoms with E-state index in [0.717, 1.165) is 24.3 Å². The van der Waals surface area contributed by atoms with E-state index < -0.39 is 0 Å². The minimum atomic E-state index is -0.0805. The van der Waals surface area contributed by atoms with E-state index in [1.54, 1.807) is 11.3 Å². The minimum absolute atomic E-state index is 0.0805. The number of aromatic nitrogens is 2. The van der Waals surface area contributed by atoms with Crippen LogP contribution in [0.4, 0.5) is 0 Å². The predicted octanol–water partition coefficient (Wildman–Crippen LogP) is 4.41. The van der Waals surface area contributed by atoms with Gasteiger partial charge < -0.3 is 4.57 Å². The molecule has 1 aromatic carbocycles. The van der Waals surface area contributed by atoms with E-state index in [9.17, 15) is 4.79 Å². The molecule has 0 fully saturated rings. The van der Waals surface area contributed by atoms with Crippen molar-refractivity contribution in [2.24, 2.45) is 0 Å². The van der Waals surface area contributed by atoms with Crippen LogP contribution in [0.2, 0.25) is 0 Å². The van der Waals surface area contributed by atoms with Gasteiger partial charge in [0.05, 0.1) is 15.8 Å². The lowest BCUT2D eigenvalue weighted by Crippen LogP contribution is -2.45. The number of ketones is 1. The van der Waals surface area contributed by atoms with E-state index in [1.165, 1.54) is 22.0 Å². The number of Topliss-reactive ketones (excluding diaryl/α,β-unsaturated/α-hetero) is 1. The van der Waals surface area contributed by atoms with Crippen molar-refractivity contribution in [3.8, 4) is 0 Å². The van der Waals surface area contributed by atoms with Crippen LogP contribution in [0.25, 0.3) is 10.9 Å². The topological polar surface area (TPSA) is 25.9 Å². The maximum atomic E-state index is 12.8. The number of fused-ring (bicyclic) bond motifs is 2. The molecule has 5 rings (SSSR count). The van der Waals surface area contributed by atoms with Gasteiger partial charge in [-0.25, -0.2) is 0 Å². The van der Waals surface area contributed by atoms with Crippen LogP contribution in [0.5, 0.6) is 0 Å². The summed E-state index contributed by atoms with van der Waals surface area (Å²) in [4.78, 5) is 13.8. The highest BCUT2D eigenvalue weighted by Gasteiger charge is 2.35. The van der Waals surface area contributed by atoms with Gasteiger partial charge >= 0.3 is 0 Å². The van der Waals surface area contributed by atoms with Crippen LogP contribution >= 0.6 is 11.3 Å².